The van der Waals surface area contributed by atoms with E-state index in [0.717, 1.165) is 11.3 Å². The molecule has 1 amide bonds. The molecule has 0 aliphatic carbocycles. The van der Waals surface area contributed by atoms with E-state index < -0.39 is 10.8 Å². The number of carbonyl (C=O) groups excluding carboxylic acids is 1. The maximum Gasteiger partial charge on any atom is 0.227 e. The Kier molecular flexibility index (Phi) is 4.36. The Morgan fingerprint density at radius 3 is 2.44 bits per heavy atom. The molecular formula is C13H17NO3S. The van der Waals surface area contributed by atoms with Gasteiger partial charge in [-0.1, -0.05) is 12.1 Å². The van der Waals surface area contributed by atoms with Crippen molar-refractivity contribution in [1.82, 2.24) is 4.90 Å². The van der Waals surface area contributed by atoms with Crippen LogP contribution in [0.25, 0.3) is 0 Å². The highest BCUT2D eigenvalue weighted by Gasteiger charge is 2.19. The Morgan fingerprint density at radius 2 is 1.89 bits per heavy atom. The lowest BCUT2D eigenvalue weighted by molar-refractivity contribution is -0.130. The van der Waals surface area contributed by atoms with Crippen molar-refractivity contribution in [2.75, 3.05) is 31.7 Å². The van der Waals surface area contributed by atoms with Gasteiger partial charge >= 0.3 is 0 Å². The van der Waals surface area contributed by atoms with Crippen LogP contribution in [0.5, 0.6) is 5.75 Å². The Balaban J connectivity index is 1.92. The van der Waals surface area contributed by atoms with Gasteiger partial charge in [0.15, 0.2) is 0 Å². The molecule has 0 N–H and O–H groups in total. The molecule has 0 saturated carbocycles. The number of amides is 1. The summed E-state index contributed by atoms with van der Waals surface area (Å²) in [6.07, 6.45) is 0.399. The molecule has 18 heavy (non-hydrogen) atoms. The van der Waals surface area contributed by atoms with Gasteiger partial charge in [0.05, 0.1) is 13.5 Å². The molecule has 5 heteroatoms. The number of ether oxygens (including phenoxy) is 1. The van der Waals surface area contributed by atoms with Crippen molar-refractivity contribution in [1.29, 1.82) is 0 Å². The van der Waals surface area contributed by atoms with Gasteiger partial charge in [-0.2, -0.15) is 0 Å². The molecule has 0 spiro atoms. The van der Waals surface area contributed by atoms with Gasteiger partial charge in [-0.05, 0) is 17.7 Å². The molecule has 2 rings (SSSR count). The molecule has 98 valence electrons. The van der Waals surface area contributed by atoms with E-state index in [9.17, 15) is 9.00 Å². The number of nitrogens with zero attached hydrogens (tertiary/aromatic N) is 1. The smallest absolute Gasteiger partial charge is 0.227 e. The highest BCUT2D eigenvalue weighted by atomic mass is 32.2. The summed E-state index contributed by atoms with van der Waals surface area (Å²) in [6.45, 7) is 1.23. The molecule has 0 aromatic heterocycles. The van der Waals surface area contributed by atoms with Gasteiger partial charge in [0.2, 0.25) is 5.91 Å². The summed E-state index contributed by atoms with van der Waals surface area (Å²) in [6, 6.07) is 7.51. The maximum atomic E-state index is 12.0. The summed E-state index contributed by atoms with van der Waals surface area (Å²) in [4.78, 5) is 13.8. The lowest BCUT2D eigenvalue weighted by atomic mass is 10.1. The van der Waals surface area contributed by atoms with E-state index in [0.29, 0.717) is 31.0 Å². The van der Waals surface area contributed by atoms with Gasteiger partial charge in [-0.15, -0.1) is 0 Å². The Morgan fingerprint density at radius 1 is 1.28 bits per heavy atom. The van der Waals surface area contributed by atoms with Gasteiger partial charge in [-0.25, -0.2) is 0 Å². The second-order valence-corrected chi connectivity index (χ2v) is 5.95. The number of hydrogen-bond acceptors (Lipinski definition) is 3. The quantitative estimate of drug-likeness (QED) is 0.815. The van der Waals surface area contributed by atoms with Crippen molar-refractivity contribution in [3.63, 3.8) is 0 Å². The first kappa shape index (κ1) is 13.1. The summed E-state index contributed by atoms with van der Waals surface area (Å²) in [5, 5.41) is 0. The van der Waals surface area contributed by atoms with Crippen molar-refractivity contribution in [3.8, 4) is 5.75 Å². The first-order chi connectivity index (χ1) is 8.69. The van der Waals surface area contributed by atoms with Crippen LogP contribution in [0.3, 0.4) is 0 Å². The summed E-state index contributed by atoms with van der Waals surface area (Å²) in [7, 11) is 0.880. The third-order valence-electron chi connectivity index (χ3n) is 3.04. The fourth-order valence-corrected chi connectivity index (χ4v) is 2.97. The fourth-order valence-electron chi connectivity index (χ4n) is 1.92. The zero-order valence-corrected chi connectivity index (χ0v) is 11.2. The lowest BCUT2D eigenvalue weighted by Gasteiger charge is -2.26. The zero-order chi connectivity index (χ0) is 13.0. The van der Waals surface area contributed by atoms with Gasteiger partial charge in [0.1, 0.15) is 5.75 Å². The molecule has 1 heterocycles. The van der Waals surface area contributed by atoms with Crippen molar-refractivity contribution in [3.05, 3.63) is 29.8 Å². The van der Waals surface area contributed by atoms with E-state index in [-0.39, 0.29) is 5.91 Å². The summed E-state index contributed by atoms with van der Waals surface area (Å²) >= 11 is 0. The van der Waals surface area contributed by atoms with Crippen LogP contribution in [0.1, 0.15) is 5.56 Å². The number of rotatable bonds is 3. The molecule has 1 aliphatic rings. The van der Waals surface area contributed by atoms with Crippen LogP contribution >= 0.6 is 0 Å². The molecule has 1 saturated heterocycles. The average molecular weight is 267 g/mol. The predicted molar refractivity (Wildman–Crippen MR) is 71.2 cm³/mol. The largest absolute Gasteiger partial charge is 0.497 e. The minimum Gasteiger partial charge on any atom is -0.497 e. The van der Waals surface area contributed by atoms with E-state index in [2.05, 4.69) is 0 Å². The Bertz CT molecular complexity index is 434. The van der Waals surface area contributed by atoms with Crippen LogP contribution in [-0.2, 0) is 22.0 Å². The summed E-state index contributed by atoms with van der Waals surface area (Å²) in [5.74, 6) is 2.11. The molecule has 1 aromatic rings. The molecule has 0 radical (unpaired) electrons. The average Bonchev–Trinajstić information content (AvgIpc) is 2.40. The van der Waals surface area contributed by atoms with Gasteiger partial charge < -0.3 is 9.64 Å². The third kappa shape index (κ3) is 3.32. The van der Waals surface area contributed by atoms with Crippen LogP contribution in [0.4, 0.5) is 0 Å². The highest BCUT2D eigenvalue weighted by molar-refractivity contribution is 7.85. The minimum atomic E-state index is -0.739. The minimum absolute atomic E-state index is 0.108. The first-order valence-corrected chi connectivity index (χ1v) is 7.43. The van der Waals surface area contributed by atoms with E-state index in [1.165, 1.54) is 0 Å². The second kappa shape index (κ2) is 6.00. The van der Waals surface area contributed by atoms with Crippen LogP contribution in [0.15, 0.2) is 24.3 Å². The standard InChI is InChI=1S/C13H17NO3S/c1-17-12-4-2-11(3-5-12)10-13(15)14-6-8-18(16)9-7-14/h2-5H,6-10H2,1H3. The Labute approximate surface area is 109 Å². The van der Waals surface area contributed by atoms with Crippen molar-refractivity contribution >= 4 is 16.7 Å². The van der Waals surface area contributed by atoms with E-state index in [1.54, 1.807) is 12.0 Å². The van der Waals surface area contributed by atoms with Gasteiger partial charge in [0.25, 0.3) is 0 Å². The molecule has 4 nitrogen and oxygen atoms in total. The van der Waals surface area contributed by atoms with Crippen molar-refractivity contribution in [2.24, 2.45) is 0 Å². The fraction of sp³-hybridized carbons (Fsp3) is 0.462. The molecule has 1 aromatic carbocycles. The van der Waals surface area contributed by atoms with Crippen LogP contribution in [0.2, 0.25) is 0 Å². The molecule has 1 aliphatic heterocycles. The zero-order valence-electron chi connectivity index (χ0n) is 10.4. The summed E-state index contributed by atoms with van der Waals surface area (Å²) in [5.41, 5.74) is 0.979. The molecule has 1 fully saturated rings. The number of benzene rings is 1. The van der Waals surface area contributed by atoms with Crippen LogP contribution < -0.4 is 4.74 Å². The van der Waals surface area contributed by atoms with Crippen molar-refractivity contribution in [2.45, 2.75) is 6.42 Å². The number of carbonyl (C=O) groups is 1. The van der Waals surface area contributed by atoms with Crippen LogP contribution in [-0.4, -0.2) is 46.7 Å². The van der Waals surface area contributed by atoms with E-state index in [1.807, 2.05) is 24.3 Å². The first-order valence-electron chi connectivity index (χ1n) is 5.95. The number of methoxy groups -OCH3 is 1. The number of hydrogen-bond donors (Lipinski definition) is 0. The monoisotopic (exact) mass is 267 g/mol. The second-order valence-electron chi connectivity index (χ2n) is 4.25. The summed E-state index contributed by atoms with van der Waals surface area (Å²) < 4.78 is 16.3. The molecule has 0 bridgehead atoms. The SMILES string of the molecule is COc1ccc(CC(=O)N2CCS(=O)CC2)cc1. The molecule has 0 atom stereocenters. The van der Waals surface area contributed by atoms with Crippen molar-refractivity contribution < 1.29 is 13.7 Å². The van der Waals surface area contributed by atoms with Crippen LogP contribution in [0, 0.1) is 0 Å². The molecule has 0 unspecified atom stereocenters. The topological polar surface area (TPSA) is 46.6 Å². The van der Waals surface area contributed by atoms with Gasteiger partial charge in [-0.3, -0.25) is 9.00 Å². The maximum absolute atomic E-state index is 12.0. The van der Waals surface area contributed by atoms with E-state index in [4.69, 9.17) is 4.74 Å². The van der Waals surface area contributed by atoms with Gasteiger partial charge in [0, 0.05) is 35.4 Å². The third-order valence-corrected chi connectivity index (χ3v) is 4.32. The Hall–Kier alpha value is -1.36. The molecular weight excluding hydrogens is 250 g/mol. The van der Waals surface area contributed by atoms with E-state index >= 15 is 0 Å². The highest BCUT2D eigenvalue weighted by Crippen LogP contribution is 2.13. The predicted octanol–water partition coefficient (Wildman–Crippen LogP) is 0.829. The normalized spacial score (nSPS) is 16.6. The lowest BCUT2D eigenvalue weighted by Crippen LogP contribution is -2.42.